The van der Waals surface area contributed by atoms with Crippen LogP contribution in [0.4, 0.5) is 34.1 Å². The Morgan fingerprint density at radius 2 is 1.10 bits per heavy atom. The lowest BCUT2D eigenvalue weighted by Gasteiger charge is -2.08. The highest BCUT2D eigenvalue weighted by Crippen LogP contribution is 2.45. The summed E-state index contributed by atoms with van der Waals surface area (Å²) in [4.78, 5) is 10.7. The number of aromatic hydroxyl groups is 4. The quantitative estimate of drug-likeness (QED) is 0.0640. The van der Waals surface area contributed by atoms with E-state index in [2.05, 4.69) is 30.7 Å². The molecule has 15 nitrogen and oxygen atoms in total. The zero-order chi connectivity index (χ0) is 35.5. The van der Waals surface area contributed by atoms with Gasteiger partial charge in [0.1, 0.15) is 34.2 Å². The minimum Gasteiger partial charge on any atom is -0.507 e. The molecule has 0 saturated carbocycles. The molecule has 0 amide bonds. The number of nitrogens with zero attached hydrogens (tertiary/aromatic N) is 6. The Balaban J connectivity index is 1.35. The molecule has 16 heteroatoms. The monoisotopic (exact) mass is 682 g/mol. The molecule has 0 heterocycles. The molecule has 0 aliphatic rings. The number of rotatable bonds is 9. The average molecular weight is 683 g/mol. The number of hydrogen-bond acceptors (Lipinski definition) is 13. The standard InChI is InChI=1S/C33H26N6O9S/c1-17-13-19(3-7-24(17)35-34-21-5-10-28(40)23(15-21)33(44)45)20-4-8-25(18(2)14-20)36-39-31-30(42)12-9-26(32(31)43)37-38-27-16-22(49(46,47)48)6-11-29(27)41/h3-16,40-43H,1-2H3,(H,44,45)(H,46,47,48). The van der Waals surface area contributed by atoms with E-state index < -0.39 is 38.2 Å². The van der Waals surface area contributed by atoms with E-state index in [1.807, 2.05) is 25.1 Å². The van der Waals surface area contributed by atoms with Crippen molar-refractivity contribution in [2.75, 3.05) is 0 Å². The first-order valence-electron chi connectivity index (χ1n) is 14.1. The van der Waals surface area contributed by atoms with Crippen molar-refractivity contribution in [3.05, 3.63) is 102 Å². The first kappa shape index (κ1) is 33.8. The summed E-state index contributed by atoms with van der Waals surface area (Å²) in [7, 11) is -4.57. The van der Waals surface area contributed by atoms with Crippen LogP contribution in [0.3, 0.4) is 0 Å². The molecule has 5 aromatic rings. The molecule has 248 valence electrons. The highest BCUT2D eigenvalue weighted by Gasteiger charge is 2.15. The van der Waals surface area contributed by atoms with Crippen LogP contribution in [-0.4, -0.2) is 44.5 Å². The molecule has 0 aromatic heterocycles. The number of benzene rings is 5. The zero-order valence-corrected chi connectivity index (χ0v) is 26.4. The molecule has 0 aliphatic carbocycles. The van der Waals surface area contributed by atoms with E-state index >= 15 is 0 Å². The smallest absolute Gasteiger partial charge is 0.339 e. The number of hydrogen-bond donors (Lipinski definition) is 6. The molecule has 0 unspecified atom stereocenters. The normalized spacial score (nSPS) is 12.0. The molecule has 5 aromatic carbocycles. The lowest BCUT2D eigenvalue weighted by Crippen LogP contribution is -1.96. The summed E-state index contributed by atoms with van der Waals surface area (Å²) >= 11 is 0. The molecule has 0 aliphatic heterocycles. The van der Waals surface area contributed by atoms with Gasteiger partial charge in [-0.3, -0.25) is 4.55 Å². The fourth-order valence-electron chi connectivity index (χ4n) is 4.46. The van der Waals surface area contributed by atoms with Gasteiger partial charge in [0.25, 0.3) is 10.1 Å². The van der Waals surface area contributed by atoms with E-state index in [0.29, 0.717) is 16.9 Å². The Hall–Kier alpha value is -6.52. The van der Waals surface area contributed by atoms with E-state index in [9.17, 15) is 43.3 Å². The van der Waals surface area contributed by atoms with Gasteiger partial charge in [-0.25, -0.2) is 4.79 Å². The fraction of sp³-hybridized carbons (Fsp3) is 0.0606. The third-order valence-electron chi connectivity index (χ3n) is 7.09. The van der Waals surface area contributed by atoms with Crippen molar-refractivity contribution in [1.82, 2.24) is 0 Å². The number of carboxylic acids is 1. The van der Waals surface area contributed by atoms with Crippen molar-refractivity contribution < 1.29 is 43.3 Å². The predicted molar refractivity (Wildman–Crippen MR) is 177 cm³/mol. The van der Waals surface area contributed by atoms with Crippen LogP contribution in [0.15, 0.2) is 121 Å². The topological polar surface area (TPSA) is 247 Å². The van der Waals surface area contributed by atoms with Gasteiger partial charge in [0.05, 0.1) is 22.0 Å². The van der Waals surface area contributed by atoms with Crippen molar-refractivity contribution >= 4 is 50.2 Å². The summed E-state index contributed by atoms with van der Waals surface area (Å²) in [5, 5.41) is 74.0. The van der Waals surface area contributed by atoms with Crippen LogP contribution in [-0.2, 0) is 10.1 Å². The molecule has 0 radical (unpaired) electrons. The first-order valence-corrected chi connectivity index (χ1v) is 15.5. The SMILES string of the molecule is Cc1cc(-c2ccc(N=Nc3c(O)ccc(N=Nc4cc(S(=O)(=O)O)ccc4O)c3O)c(C)c2)ccc1N=Nc1ccc(O)c(C(=O)O)c1. The van der Waals surface area contributed by atoms with Gasteiger partial charge in [-0.15, -0.1) is 15.3 Å². The van der Waals surface area contributed by atoms with Gasteiger partial charge in [-0.2, -0.15) is 23.8 Å². The minimum atomic E-state index is -4.57. The van der Waals surface area contributed by atoms with Crippen molar-refractivity contribution in [3.63, 3.8) is 0 Å². The van der Waals surface area contributed by atoms with Crippen LogP contribution in [0.1, 0.15) is 21.5 Å². The number of carbonyl (C=O) groups is 1. The predicted octanol–water partition coefficient (Wildman–Crippen LogP) is 8.98. The van der Waals surface area contributed by atoms with Gasteiger partial charge in [0.15, 0.2) is 11.4 Å². The molecular weight excluding hydrogens is 656 g/mol. The van der Waals surface area contributed by atoms with Gasteiger partial charge in [0, 0.05) is 0 Å². The summed E-state index contributed by atoms with van der Waals surface area (Å²) in [5.74, 6) is -3.09. The number of azo groups is 3. The average Bonchev–Trinajstić information content (AvgIpc) is 3.05. The number of aryl methyl sites for hydroxylation is 2. The number of phenols is 4. The molecule has 0 saturated heterocycles. The lowest BCUT2D eigenvalue weighted by molar-refractivity contribution is 0.0693. The maximum Gasteiger partial charge on any atom is 0.339 e. The van der Waals surface area contributed by atoms with Gasteiger partial charge in [0.2, 0.25) is 0 Å². The fourth-order valence-corrected chi connectivity index (χ4v) is 4.96. The molecule has 49 heavy (non-hydrogen) atoms. The van der Waals surface area contributed by atoms with Crippen LogP contribution in [0.5, 0.6) is 23.0 Å². The Kier molecular flexibility index (Phi) is 9.45. The highest BCUT2D eigenvalue weighted by molar-refractivity contribution is 7.85. The molecule has 6 N–H and O–H groups in total. The third-order valence-corrected chi connectivity index (χ3v) is 7.94. The van der Waals surface area contributed by atoms with Crippen LogP contribution < -0.4 is 0 Å². The summed E-state index contributed by atoms with van der Waals surface area (Å²) in [6.45, 7) is 3.65. The van der Waals surface area contributed by atoms with E-state index in [1.54, 1.807) is 25.1 Å². The van der Waals surface area contributed by atoms with Crippen LogP contribution in [0, 0.1) is 13.8 Å². The van der Waals surface area contributed by atoms with Gasteiger partial charge < -0.3 is 25.5 Å². The second-order valence-electron chi connectivity index (χ2n) is 10.5. The minimum absolute atomic E-state index is 0.179. The molecule has 0 bridgehead atoms. The third kappa shape index (κ3) is 7.73. The first-order chi connectivity index (χ1) is 23.2. The lowest BCUT2D eigenvalue weighted by atomic mass is 10.0. The maximum atomic E-state index is 11.4. The second kappa shape index (κ2) is 13.7. The highest BCUT2D eigenvalue weighted by atomic mass is 32.2. The zero-order valence-electron chi connectivity index (χ0n) is 25.6. The van der Waals surface area contributed by atoms with Crippen molar-refractivity contribution in [3.8, 4) is 34.1 Å². The summed E-state index contributed by atoms with van der Waals surface area (Å²) in [5.41, 5.74) is 3.39. The Labute approximate surface area is 278 Å². The Morgan fingerprint density at radius 3 is 1.69 bits per heavy atom. The largest absolute Gasteiger partial charge is 0.507 e. The Bertz CT molecular complexity index is 2320. The van der Waals surface area contributed by atoms with E-state index in [0.717, 1.165) is 34.9 Å². The van der Waals surface area contributed by atoms with E-state index in [1.165, 1.54) is 30.3 Å². The summed E-state index contributed by atoms with van der Waals surface area (Å²) in [6.07, 6.45) is 0. The summed E-state index contributed by atoms with van der Waals surface area (Å²) in [6, 6.07) is 20.1. The molecular formula is C33H26N6O9S. The molecule has 5 rings (SSSR count). The van der Waals surface area contributed by atoms with Crippen molar-refractivity contribution in [2.24, 2.45) is 30.7 Å². The summed E-state index contributed by atoms with van der Waals surface area (Å²) < 4.78 is 32.1. The Morgan fingerprint density at radius 1 is 0.571 bits per heavy atom. The van der Waals surface area contributed by atoms with Crippen LogP contribution >= 0.6 is 0 Å². The van der Waals surface area contributed by atoms with E-state index in [-0.39, 0.29) is 34.1 Å². The van der Waals surface area contributed by atoms with E-state index in [4.69, 9.17) is 0 Å². The van der Waals surface area contributed by atoms with Gasteiger partial charge in [-0.1, -0.05) is 12.1 Å². The second-order valence-corrected chi connectivity index (χ2v) is 12.0. The number of aromatic carboxylic acids is 1. The number of carboxylic acid groups (broad SMARTS) is 1. The van der Waals surface area contributed by atoms with Gasteiger partial charge >= 0.3 is 5.97 Å². The molecule has 0 fully saturated rings. The molecule has 0 atom stereocenters. The van der Waals surface area contributed by atoms with Crippen LogP contribution in [0.2, 0.25) is 0 Å². The van der Waals surface area contributed by atoms with Crippen molar-refractivity contribution in [2.45, 2.75) is 18.7 Å². The van der Waals surface area contributed by atoms with Crippen molar-refractivity contribution in [1.29, 1.82) is 0 Å². The molecule has 0 spiro atoms. The number of phenolic OH excluding ortho intramolecular Hbond substituents is 3. The maximum absolute atomic E-state index is 11.4. The van der Waals surface area contributed by atoms with Crippen LogP contribution in [0.25, 0.3) is 11.1 Å². The van der Waals surface area contributed by atoms with Gasteiger partial charge in [-0.05, 0) is 109 Å².